The molecule has 0 N–H and O–H groups in total. The van der Waals surface area contributed by atoms with E-state index in [-0.39, 0.29) is 10.8 Å². The first-order chi connectivity index (χ1) is 9.50. The number of rotatable bonds is 3. The molecule has 0 saturated heterocycles. The Kier molecular flexibility index (Phi) is 4.20. The molecule has 5 heteroatoms. The van der Waals surface area contributed by atoms with E-state index in [2.05, 4.69) is 0 Å². The van der Waals surface area contributed by atoms with Crippen molar-refractivity contribution >= 4 is 16.6 Å². The highest BCUT2D eigenvalue weighted by molar-refractivity contribution is 7.72. The number of carbonyl (C=O) groups excluding carboxylic acids is 1. The summed E-state index contributed by atoms with van der Waals surface area (Å²) in [6.45, 7) is 0. The quantitative estimate of drug-likeness (QED) is 0.880. The minimum Gasteiger partial charge on any atom is -0.345 e. The van der Waals surface area contributed by atoms with Crippen LogP contribution >= 0.6 is 0 Å². The van der Waals surface area contributed by atoms with Crippen LogP contribution in [0.15, 0.2) is 53.4 Å². The number of benzene rings is 2. The van der Waals surface area contributed by atoms with Gasteiger partial charge in [0.2, 0.25) is 0 Å². The van der Waals surface area contributed by atoms with Crippen LogP contribution in [0.1, 0.15) is 10.4 Å². The van der Waals surface area contributed by atoms with E-state index in [1.165, 1.54) is 11.0 Å². The van der Waals surface area contributed by atoms with E-state index in [0.29, 0.717) is 11.1 Å². The highest BCUT2D eigenvalue weighted by Gasteiger charge is 2.13. The molecule has 2 rings (SSSR count). The Bertz CT molecular complexity index is 698. The van der Waals surface area contributed by atoms with Crippen LogP contribution in [0, 0.1) is 0 Å². The summed E-state index contributed by atoms with van der Waals surface area (Å²) in [5.41, 5.74) is 1.78. The van der Waals surface area contributed by atoms with Crippen molar-refractivity contribution < 1.29 is 13.2 Å². The second kappa shape index (κ2) is 5.88. The van der Waals surface area contributed by atoms with E-state index in [9.17, 15) is 13.2 Å². The summed E-state index contributed by atoms with van der Waals surface area (Å²) in [7, 11) is 0.488. The van der Waals surface area contributed by atoms with Crippen molar-refractivity contribution in [2.45, 2.75) is 4.90 Å². The molecular formula is C15H15NO3S. The van der Waals surface area contributed by atoms with E-state index >= 15 is 0 Å². The van der Waals surface area contributed by atoms with Gasteiger partial charge >= 0.3 is 0 Å². The number of carbonyl (C=O) groups is 1. The molecule has 0 bridgehead atoms. The van der Waals surface area contributed by atoms with E-state index in [0.717, 1.165) is 5.56 Å². The SMILES string of the molecule is CN(C)C(=O)c1ccc(-c2ccccc2)c([SH](=O)=O)c1. The summed E-state index contributed by atoms with van der Waals surface area (Å²) < 4.78 is 22.9. The van der Waals surface area contributed by atoms with Crippen molar-refractivity contribution in [3.8, 4) is 11.1 Å². The summed E-state index contributed by atoms with van der Waals surface area (Å²) in [4.78, 5) is 13.5. The Morgan fingerprint density at radius 3 is 2.20 bits per heavy atom. The van der Waals surface area contributed by atoms with Crippen LogP contribution in [0.2, 0.25) is 0 Å². The molecule has 1 amide bonds. The van der Waals surface area contributed by atoms with Crippen molar-refractivity contribution in [2.24, 2.45) is 0 Å². The Morgan fingerprint density at radius 2 is 1.65 bits per heavy atom. The number of thiol groups is 1. The Hall–Kier alpha value is -2.14. The molecule has 0 aromatic heterocycles. The van der Waals surface area contributed by atoms with Crippen molar-refractivity contribution in [2.75, 3.05) is 14.1 Å². The fraction of sp³-hybridized carbons (Fsp3) is 0.133. The molecule has 0 aliphatic rings. The summed E-state index contributed by atoms with van der Waals surface area (Å²) in [5, 5.41) is 0. The fourth-order valence-corrected chi connectivity index (χ4v) is 2.58. The molecule has 104 valence electrons. The minimum absolute atomic E-state index is 0.166. The van der Waals surface area contributed by atoms with Crippen LogP contribution in [0.3, 0.4) is 0 Å². The van der Waals surface area contributed by atoms with Crippen LogP contribution in [0.25, 0.3) is 11.1 Å². The first-order valence-electron chi connectivity index (χ1n) is 6.06. The third-order valence-corrected chi connectivity index (χ3v) is 3.70. The fourth-order valence-electron chi connectivity index (χ4n) is 1.94. The molecule has 2 aromatic rings. The van der Waals surface area contributed by atoms with Gasteiger partial charge in [-0.1, -0.05) is 36.4 Å². The largest absolute Gasteiger partial charge is 0.345 e. The molecule has 4 nitrogen and oxygen atoms in total. The predicted molar refractivity (Wildman–Crippen MR) is 78.5 cm³/mol. The standard InChI is InChI=1S/C15H15NO3S/c1-16(2)15(17)12-8-9-13(14(10-12)20(18)19)11-6-4-3-5-7-11/h3-10,20H,1-2H3. The van der Waals surface area contributed by atoms with Gasteiger partial charge in [-0.05, 0) is 17.7 Å². The normalized spacial score (nSPS) is 10.6. The lowest BCUT2D eigenvalue weighted by molar-refractivity contribution is 0.0827. The minimum atomic E-state index is -2.77. The van der Waals surface area contributed by atoms with E-state index in [1.54, 1.807) is 26.2 Å². The molecule has 0 aliphatic carbocycles. The Balaban J connectivity index is 2.58. The zero-order valence-corrected chi connectivity index (χ0v) is 12.1. The summed E-state index contributed by atoms with van der Waals surface area (Å²) in [6.07, 6.45) is 0. The highest BCUT2D eigenvalue weighted by atomic mass is 32.2. The highest BCUT2D eigenvalue weighted by Crippen LogP contribution is 2.26. The molecule has 20 heavy (non-hydrogen) atoms. The smallest absolute Gasteiger partial charge is 0.253 e. The van der Waals surface area contributed by atoms with Gasteiger partial charge in [-0.15, -0.1) is 0 Å². The Labute approximate surface area is 119 Å². The van der Waals surface area contributed by atoms with Gasteiger partial charge in [-0.25, -0.2) is 8.42 Å². The maximum absolute atomic E-state index is 11.9. The molecular weight excluding hydrogens is 274 g/mol. The average Bonchev–Trinajstić information content (AvgIpc) is 2.46. The van der Waals surface area contributed by atoms with Gasteiger partial charge in [-0.2, -0.15) is 0 Å². The summed E-state index contributed by atoms with van der Waals surface area (Å²) in [6, 6.07) is 14.0. The number of nitrogens with zero attached hydrogens (tertiary/aromatic N) is 1. The molecule has 0 heterocycles. The molecule has 0 atom stereocenters. The zero-order valence-electron chi connectivity index (χ0n) is 11.2. The third kappa shape index (κ3) is 2.88. The van der Waals surface area contributed by atoms with Crippen LogP contribution < -0.4 is 0 Å². The number of amides is 1. The molecule has 0 aliphatic heterocycles. The topological polar surface area (TPSA) is 54.5 Å². The lowest BCUT2D eigenvalue weighted by Gasteiger charge is -2.12. The number of hydrogen-bond donors (Lipinski definition) is 1. The molecule has 0 fully saturated rings. The average molecular weight is 289 g/mol. The van der Waals surface area contributed by atoms with E-state index in [4.69, 9.17) is 0 Å². The predicted octanol–water partition coefficient (Wildman–Crippen LogP) is 2.03. The second-order valence-corrected chi connectivity index (χ2v) is 5.55. The summed E-state index contributed by atoms with van der Waals surface area (Å²) in [5.74, 6) is -0.220. The van der Waals surface area contributed by atoms with Crippen molar-refractivity contribution in [1.29, 1.82) is 0 Å². The van der Waals surface area contributed by atoms with Crippen LogP contribution in [0.4, 0.5) is 0 Å². The molecule has 0 unspecified atom stereocenters. The molecule has 2 aromatic carbocycles. The molecule has 0 saturated carbocycles. The van der Waals surface area contributed by atoms with Crippen molar-refractivity contribution in [1.82, 2.24) is 4.90 Å². The lowest BCUT2D eigenvalue weighted by Crippen LogP contribution is -2.21. The van der Waals surface area contributed by atoms with Gasteiger partial charge in [0, 0.05) is 25.2 Å². The molecule has 0 radical (unpaired) electrons. The zero-order chi connectivity index (χ0) is 14.7. The maximum atomic E-state index is 11.9. The number of hydrogen-bond acceptors (Lipinski definition) is 3. The van der Waals surface area contributed by atoms with Gasteiger partial charge in [0.1, 0.15) is 0 Å². The van der Waals surface area contributed by atoms with Gasteiger partial charge in [-0.3, -0.25) is 4.79 Å². The third-order valence-electron chi connectivity index (χ3n) is 2.93. The first kappa shape index (κ1) is 14.3. The van der Waals surface area contributed by atoms with Crippen LogP contribution in [-0.4, -0.2) is 33.3 Å². The first-order valence-corrected chi connectivity index (χ1v) is 7.24. The monoisotopic (exact) mass is 289 g/mol. The van der Waals surface area contributed by atoms with Crippen molar-refractivity contribution in [3.63, 3.8) is 0 Å². The van der Waals surface area contributed by atoms with Gasteiger partial charge in [0.05, 0.1) is 4.90 Å². The van der Waals surface area contributed by atoms with Gasteiger partial charge in [0.25, 0.3) is 5.91 Å². The van der Waals surface area contributed by atoms with Gasteiger partial charge < -0.3 is 4.90 Å². The van der Waals surface area contributed by atoms with E-state index < -0.39 is 10.7 Å². The Morgan fingerprint density at radius 1 is 1.00 bits per heavy atom. The summed E-state index contributed by atoms with van der Waals surface area (Å²) >= 11 is 0. The second-order valence-electron chi connectivity index (χ2n) is 4.55. The molecule has 0 spiro atoms. The maximum Gasteiger partial charge on any atom is 0.253 e. The lowest BCUT2D eigenvalue weighted by atomic mass is 10.0. The van der Waals surface area contributed by atoms with Crippen molar-refractivity contribution in [3.05, 3.63) is 54.1 Å². The van der Waals surface area contributed by atoms with E-state index in [1.807, 2.05) is 30.3 Å². The van der Waals surface area contributed by atoms with Crippen LogP contribution in [0.5, 0.6) is 0 Å². The van der Waals surface area contributed by atoms with Crippen LogP contribution in [-0.2, 0) is 10.7 Å². The van der Waals surface area contributed by atoms with Gasteiger partial charge in [0.15, 0.2) is 10.7 Å².